The number of pyridine rings is 4. The zero-order valence-electron chi connectivity index (χ0n) is 29.6. The van der Waals surface area contributed by atoms with Crippen molar-refractivity contribution in [3.05, 3.63) is 139 Å². The van der Waals surface area contributed by atoms with Crippen LogP contribution in [0.3, 0.4) is 0 Å². The molecule has 0 amide bonds. The van der Waals surface area contributed by atoms with E-state index in [1.165, 1.54) is 16.5 Å². The summed E-state index contributed by atoms with van der Waals surface area (Å²) in [5.74, 6) is 0.436. The van der Waals surface area contributed by atoms with E-state index in [0.717, 1.165) is 77.2 Å². The van der Waals surface area contributed by atoms with Crippen LogP contribution in [-0.2, 0) is 20.4 Å². The summed E-state index contributed by atoms with van der Waals surface area (Å²) < 4.78 is 4.52. The van der Waals surface area contributed by atoms with Gasteiger partial charge < -0.3 is 0 Å². The van der Waals surface area contributed by atoms with E-state index in [1.54, 1.807) is 0 Å². The van der Waals surface area contributed by atoms with Crippen molar-refractivity contribution in [3.8, 4) is 0 Å². The standard InChI is InChI=1S/C21H17N3.C21H15N3.I3.I2.HI.Pd/c2*1-13(2)14-7-5-11-18-19(14)20-15(8-6-12-22-20)21-23-16-9-3-4-10-17(16)24(18)21;1-3-2;1-2;;/h3-13H,1-2H3;3-12H,1H2,2H3;;;1H;/q;;-1;;;. The minimum absolute atomic E-state index is 0. The van der Waals surface area contributed by atoms with Crippen LogP contribution < -0.4 is 13.3 Å². The number of nitrogens with zero attached hydrogens (tertiary/aromatic N) is 6. The topological polar surface area (TPSA) is 60.4 Å². The summed E-state index contributed by atoms with van der Waals surface area (Å²) in [4.78, 5) is 19.2. The molecule has 10 rings (SSSR count). The van der Waals surface area contributed by atoms with E-state index in [0.29, 0.717) is 19.2 Å². The predicted molar refractivity (Wildman–Crippen MR) is 271 cm³/mol. The van der Waals surface area contributed by atoms with Gasteiger partial charge in [0.25, 0.3) is 0 Å². The van der Waals surface area contributed by atoms with Gasteiger partial charge in [-0.3, -0.25) is 18.8 Å². The molecule has 0 aliphatic heterocycles. The summed E-state index contributed by atoms with van der Waals surface area (Å²) in [6.45, 7) is 10.7. The molecule has 6 aromatic heterocycles. The number of fused-ring (bicyclic) bond motifs is 16. The Morgan fingerprint density at radius 1 is 0.618 bits per heavy atom. The second-order valence-corrected chi connectivity index (χ2v) is 29.0. The van der Waals surface area contributed by atoms with Gasteiger partial charge in [0.1, 0.15) is 11.3 Å². The van der Waals surface area contributed by atoms with Gasteiger partial charge in [0, 0.05) is 91.6 Å². The average molecular weight is 1490 g/mol. The Kier molecular flexibility index (Phi) is 16.6. The van der Waals surface area contributed by atoms with Crippen molar-refractivity contribution in [3.63, 3.8) is 0 Å². The zero-order chi connectivity index (χ0) is 37.2. The molecule has 0 fully saturated rings. The Bertz CT molecular complexity index is 2960. The molecule has 0 atom stereocenters. The quantitative estimate of drug-likeness (QED) is 0.0983. The fourth-order valence-corrected chi connectivity index (χ4v) is 7.28. The van der Waals surface area contributed by atoms with Gasteiger partial charge in [-0.15, -0.1) is 24.0 Å². The van der Waals surface area contributed by atoms with Crippen molar-refractivity contribution < 1.29 is 33.7 Å². The number of para-hydroxylation sites is 4. The first-order valence-corrected chi connectivity index (χ1v) is 35.6. The number of hydrogen-bond donors (Lipinski definition) is 0. The molecule has 0 saturated carbocycles. The average Bonchev–Trinajstić information content (AvgIpc) is 3.79. The molecule has 0 saturated heterocycles. The van der Waals surface area contributed by atoms with Crippen LogP contribution in [0.2, 0.25) is 0 Å². The van der Waals surface area contributed by atoms with Gasteiger partial charge in [0.15, 0.2) is 0 Å². The molecule has 10 aromatic rings. The van der Waals surface area contributed by atoms with Gasteiger partial charge in [0.2, 0.25) is 0 Å². The van der Waals surface area contributed by atoms with Gasteiger partial charge in [-0.1, -0.05) is 74.5 Å². The molecule has 0 spiro atoms. The number of allylic oxidation sites excluding steroid dienone is 1. The number of aromatic nitrogens is 6. The van der Waals surface area contributed by atoms with Crippen molar-refractivity contribution in [1.29, 1.82) is 0 Å². The molecular formula is C42H33I6N6Pd-. The first-order chi connectivity index (χ1) is 25.9. The molecule has 6 heterocycles. The molecule has 55 heavy (non-hydrogen) atoms. The number of hydrogen-bond acceptors (Lipinski definition) is 4. The van der Waals surface area contributed by atoms with Crippen LogP contribution in [0.4, 0.5) is 0 Å². The minimum atomic E-state index is 0. The Morgan fingerprint density at radius 3 is 1.55 bits per heavy atom. The van der Waals surface area contributed by atoms with Crippen molar-refractivity contribution in [2.75, 3.05) is 0 Å². The maximum absolute atomic E-state index is 4.89. The molecule has 0 bridgehead atoms. The van der Waals surface area contributed by atoms with Crippen LogP contribution in [0.15, 0.2) is 128 Å². The fraction of sp³-hybridized carbons (Fsp3) is 0.0952. The summed E-state index contributed by atoms with van der Waals surface area (Å²) in [6, 6.07) is 37.6. The minimum Gasteiger partial charge on any atom is 0 e. The van der Waals surface area contributed by atoms with Crippen LogP contribution in [0, 0.1) is 0 Å². The Labute approximate surface area is 403 Å². The SMILES string of the molecule is C=C(C)c1cccc2c1c1ncccc1c1nc3ccccc3n21.CC(C)c1cccc2c1c1ncccc1c1nc3ccccc3n21.I.II.I[I-]I.[Pd]. The summed E-state index contributed by atoms with van der Waals surface area (Å²) in [5.41, 5.74) is 14.0. The number of rotatable bonds is 2. The molecule has 13 heteroatoms. The van der Waals surface area contributed by atoms with Crippen LogP contribution in [0.25, 0.3) is 82.5 Å². The van der Waals surface area contributed by atoms with Crippen molar-refractivity contribution in [2.45, 2.75) is 26.7 Å². The third kappa shape index (κ3) is 8.51. The Hall–Kier alpha value is -1.10. The number of benzene rings is 4. The normalized spacial score (nSPS) is 10.9. The molecule has 0 aliphatic carbocycles. The van der Waals surface area contributed by atoms with E-state index in [2.05, 4.69) is 194 Å². The Morgan fingerprint density at radius 2 is 1.05 bits per heavy atom. The van der Waals surface area contributed by atoms with E-state index in [-0.39, 0.29) is 44.4 Å². The van der Waals surface area contributed by atoms with E-state index >= 15 is 0 Å². The van der Waals surface area contributed by atoms with Crippen molar-refractivity contribution >= 4 is 181 Å². The van der Waals surface area contributed by atoms with Gasteiger partial charge in [-0.05, 0) is 84.6 Å². The van der Waals surface area contributed by atoms with E-state index < -0.39 is 0 Å². The largest absolute Gasteiger partial charge is 0 e. The predicted octanol–water partition coefficient (Wildman–Crippen LogP) is 11.7. The monoisotopic (exact) mass is 1490 g/mol. The molecule has 284 valence electrons. The molecule has 6 nitrogen and oxygen atoms in total. The maximum atomic E-state index is 4.89. The van der Waals surface area contributed by atoms with Crippen LogP contribution in [-0.4, -0.2) is 28.7 Å². The van der Waals surface area contributed by atoms with Crippen molar-refractivity contribution in [2.24, 2.45) is 0 Å². The molecule has 0 N–H and O–H groups in total. The van der Waals surface area contributed by atoms with Gasteiger partial charge in [-0.25, -0.2) is 9.97 Å². The first kappa shape index (κ1) is 45.0. The fourth-order valence-electron chi connectivity index (χ4n) is 7.28. The summed E-state index contributed by atoms with van der Waals surface area (Å²) in [7, 11) is 0. The van der Waals surface area contributed by atoms with Crippen LogP contribution >= 0.6 is 98.4 Å². The first-order valence-electron chi connectivity index (χ1n) is 16.7. The van der Waals surface area contributed by atoms with Crippen molar-refractivity contribution in [1.82, 2.24) is 28.7 Å². The second kappa shape index (κ2) is 20.2. The van der Waals surface area contributed by atoms with Gasteiger partial charge >= 0.3 is 50.5 Å². The molecule has 0 radical (unpaired) electrons. The zero-order valence-corrected chi connectivity index (χ0v) is 44.3. The van der Waals surface area contributed by atoms with E-state index in [9.17, 15) is 0 Å². The summed E-state index contributed by atoms with van der Waals surface area (Å²) >= 11 is 9.54. The smallest absolute Gasteiger partial charge is 0 e. The molecule has 0 unspecified atom stereocenters. The molecule has 4 aromatic carbocycles. The molecule has 0 aliphatic rings. The maximum Gasteiger partial charge on any atom is 0 e. The van der Waals surface area contributed by atoms with Crippen LogP contribution in [0.1, 0.15) is 37.8 Å². The number of imidazole rings is 2. The van der Waals surface area contributed by atoms with Gasteiger partial charge in [0.05, 0.1) is 44.1 Å². The third-order valence-corrected chi connectivity index (χ3v) is 9.37. The van der Waals surface area contributed by atoms with Gasteiger partial charge in [-0.2, -0.15) is 0 Å². The van der Waals surface area contributed by atoms with Crippen LogP contribution in [0.5, 0.6) is 0 Å². The summed E-state index contributed by atoms with van der Waals surface area (Å²) in [5, 5.41) is 4.54. The second-order valence-electron chi connectivity index (χ2n) is 12.7. The number of halogens is 6. The Balaban J connectivity index is 0.000000183. The third-order valence-electron chi connectivity index (χ3n) is 9.37. The molecular weight excluding hydrogens is 1460 g/mol. The van der Waals surface area contributed by atoms with E-state index in [4.69, 9.17) is 15.0 Å². The van der Waals surface area contributed by atoms with E-state index in [1.807, 2.05) is 43.6 Å². The summed E-state index contributed by atoms with van der Waals surface area (Å²) in [6.07, 6.45) is 3.72.